The van der Waals surface area contributed by atoms with Crippen LogP contribution in [0.4, 0.5) is 56.9 Å². The molecule has 3 aromatic heterocycles. The molecule has 44 heavy (non-hydrogen) atoms. The molecular weight excluding hydrogens is 646 g/mol. The standard InChI is InChI=1S/C25H27F8N7O2S2/c1-5-42-17(41)6-13(4)14-7-16(18(34-10-14)39(11-12(2)3)15-8-23(26,27)9-15)40(21-35-19(37-43-21)24(28,29)30)22-36-20(38-44-22)25(31,32)33/h7,10,12-13,15H,5-6,8-9,11H2,1-4H3/t13-/m1/s1. The lowest BCUT2D eigenvalue weighted by molar-refractivity contribution is -0.144. The molecule has 1 atom stereocenters. The largest absolute Gasteiger partial charge is 0.466 e. The molecule has 1 aliphatic carbocycles. The molecule has 9 nitrogen and oxygen atoms in total. The van der Waals surface area contributed by atoms with E-state index in [-0.39, 0.29) is 60.1 Å². The minimum Gasteiger partial charge on any atom is -0.466 e. The summed E-state index contributed by atoms with van der Waals surface area (Å²) in [6.07, 6.45) is -9.75. The molecule has 242 valence electrons. The lowest BCUT2D eigenvalue weighted by Crippen LogP contribution is -2.52. The molecule has 0 aliphatic heterocycles. The molecule has 0 radical (unpaired) electrons. The molecule has 0 aromatic carbocycles. The normalized spacial score (nSPS) is 16.1. The Morgan fingerprint density at radius 1 is 1.02 bits per heavy atom. The van der Waals surface area contributed by atoms with Crippen molar-refractivity contribution in [1.29, 1.82) is 0 Å². The minimum atomic E-state index is -4.98. The third-order valence-electron chi connectivity index (χ3n) is 6.52. The predicted molar refractivity (Wildman–Crippen MR) is 146 cm³/mol. The summed E-state index contributed by atoms with van der Waals surface area (Å²) < 4.78 is 121. The van der Waals surface area contributed by atoms with Crippen LogP contribution in [-0.4, -0.2) is 54.8 Å². The maximum atomic E-state index is 14.0. The summed E-state index contributed by atoms with van der Waals surface area (Å²) in [7, 11) is 0. The van der Waals surface area contributed by atoms with Crippen molar-refractivity contribution in [1.82, 2.24) is 23.7 Å². The first-order chi connectivity index (χ1) is 20.4. The minimum absolute atomic E-state index is 0.00111. The Bertz CT molecular complexity index is 1400. The Morgan fingerprint density at radius 2 is 1.57 bits per heavy atom. The summed E-state index contributed by atoms with van der Waals surface area (Å²) in [5.41, 5.74) is 0.273. The zero-order valence-electron chi connectivity index (χ0n) is 23.7. The van der Waals surface area contributed by atoms with E-state index in [1.165, 1.54) is 12.3 Å². The Hall–Kier alpha value is -3.22. The van der Waals surface area contributed by atoms with Crippen LogP contribution in [0.1, 0.15) is 70.1 Å². The van der Waals surface area contributed by atoms with Gasteiger partial charge in [0, 0.05) is 54.7 Å². The summed E-state index contributed by atoms with van der Waals surface area (Å²) >= 11 is 0.493. The average Bonchev–Trinajstić information content (AvgIpc) is 3.57. The van der Waals surface area contributed by atoms with Gasteiger partial charge in [-0.1, -0.05) is 20.8 Å². The van der Waals surface area contributed by atoms with Crippen LogP contribution in [-0.2, 0) is 21.9 Å². The van der Waals surface area contributed by atoms with Crippen molar-refractivity contribution in [3.8, 4) is 0 Å². The van der Waals surface area contributed by atoms with Crippen LogP contribution in [0.25, 0.3) is 0 Å². The third-order valence-corrected chi connectivity index (χ3v) is 7.92. The topological polar surface area (TPSA) is 97.2 Å². The SMILES string of the molecule is CCOC(=O)C[C@@H](C)c1cnc(N(CC(C)C)C2CC(F)(F)C2)c(N(c2nc(C(F)(F)F)ns2)c2nc(C(F)(F)F)ns2)c1. The lowest BCUT2D eigenvalue weighted by atomic mass is 9.86. The fraction of sp³-hybridized carbons (Fsp3) is 0.600. The second kappa shape index (κ2) is 12.6. The number of halogens is 8. The van der Waals surface area contributed by atoms with Crippen LogP contribution >= 0.6 is 23.1 Å². The first kappa shape index (κ1) is 33.7. The molecule has 1 saturated carbocycles. The number of rotatable bonds is 11. The van der Waals surface area contributed by atoms with Gasteiger partial charge >= 0.3 is 18.3 Å². The van der Waals surface area contributed by atoms with E-state index in [0.717, 1.165) is 4.90 Å². The monoisotopic (exact) mass is 673 g/mol. The highest BCUT2D eigenvalue weighted by Gasteiger charge is 2.49. The summed E-state index contributed by atoms with van der Waals surface area (Å²) in [5, 5.41) is -1.02. The summed E-state index contributed by atoms with van der Waals surface area (Å²) in [6.45, 7) is 7.21. The van der Waals surface area contributed by atoms with Crippen molar-refractivity contribution in [2.45, 2.75) is 77.2 Å². The van der Waals surface area contributed by atoms with Gasteiger partial charge in [0.05, 0.1) is 18.7 Å². The smallest absolute Gasteiger partial charge is 0.452 e. The number of hydrogen-bond donors (Lipinski definition) is 0. The molecule has 1 aliphatic rings. The average molecular weight is 674 g/mol. The van der Waals surface area contributed by atoms with Crippen LogP contribution in [0.5, 0.6) is 0 Å². The highest BCUT2D eigenvalue weighted by atomic mass is 32.1. The van der Waals surface area contributed by atoms with Crippen molar-refractivity contribution >= 4 is 50.8 Å². The lowest BCUT2D eigenvalue weighted by Gasteiger charge is -2.45. The van der Waals surface area contributed by atoms with Crippen LogP contribution in [0.3, 0.4) is 0 Å². The van der Waals surface area contributed by atoms with Crippen LogP contribution < -0.4 is 9.80 Å². The fourth-order valence-corrected chi connectivity index (χ4v) is 5.96. The van der Waals surface area contributed by atoms with E-state index in [1.54, 1.807) is 18.7 Å². The van der Waals surface area contributed by atoms with Gasteiger partial charge in [0.2, 0.25) is 21.9 Å². The number of pyridine rings is 1. The van der Waals surface area contributed by atoms with Gasteiger partial charge in [-0.05, 0) is 30.4 Å². The number of esters is 1. The van der Waals surface area contributed by atoms with E-state index in [4.69, 9.17) is 4.74 Å². The quantitative estimate of drug-likeness (QED) is 0.151. The van der Waals surface area contributed by atoms with Crippen LogP contribution in [0, 0.1) is 5.92 Å². The fourth-order valence-electron chi connectivity index (χ4n) is 4.49. The molecule has 19 heteroatoms. The van der Waals surface area contributed by atoms with Gasteiger partial charge in [-0.25, -0.2) is 13.8 Å². The number of hydrogen-bond acceptors (Lipinski definition) is 11. The van der Waals surface area contributed by atoms with E-state index in [2.05, 4.69) is 23.7 Å². The highest BCUT2D eigenvalue weighted by Crippen LogP contribution is 2.48. The zero-order chi connectivity index (χ0) is 32.6. The number of carbonyl (C=O) groups is 1. The van der Waals surface area contributed by atoms with E-state index >= 15 is 0 Å². The van der Waals surface area contributed by atoms with Crippen molar-refractivity contribution in [3.63, 3.8) is 0 Å². The Labute approximate surface area is 254 Å². The van der Waals surface area contributed by atoms with Gasteiger partial charge in [-0.3, -0.25) is 9.69 Å². The molecule has 0 N–H and O–H groups in total. The van der Waals surface area contributed by atoms with E-state index in [0.29, 0.717) is 5.56 Å². The first-order valence-electron chi connectivity index (χ1n) is 13.3. The van der Waals surface area contributed by atoms with Crippen molar-refractivity contribution in [3.05, 3.63) is 29.5 Å². The summed E-state index contributed by atoms with van der Waals surface area (Å²) in [6, 6.07) is 0.684. The van der Waals surface area contributed by atoms with Gasteiger partial charge in [0.1, 0.15) is 0 Å². The molecule has 0 saturated heterocycles. The molecule has 0 spiro atoms. The number of ether oxygens (including phenoxy) is 1. The second-order valence-electron chi connectivity index (χ2n) is 10.6. The Kier molecular flexibility index (Phi) is 9.68. The summed E-state index contributed by atoms with van der Waals surface area (Å²) in [4.78, 5) is 26.2. The zero-order valence-corrected chi connectivity index (χ0v) is 25.3. The molecule has 4 rings (SSSR count). The number of nitrogens with zero attached hydrogens (tertiary/aromatic N) is 7. The maximum absolute atomic E-state index is 14.0. The first-order valence-corrected chi connectivity index (χ1v) is 14.9. The Morgan fingerprint density at radius 3 is 2.00 bits per heavy atom. The summed E-state index contributed by atoms with van der Waals surface area (Å²) in [5.74, 6) is -7.24. The molecule has 3 heterocycles. The van der Waals surface area contributed by atoms with E-state index in [1.807, 2.05) is 13.8 Å². The van der Waals surface area contributed by atoms with Gasteiger partial charge in [0.15, 0.2) is 5.82 Å². The number of aromatic nitrogens is 5. The van der Waals surface area contributed by atoms with Gasteiger partial charge in [-0.2, -0.15) is 45.1 Å². The van der Waals surface area contributed by atoms with Crippen LogP contribution in [0.15, 0.2) is 12.3 Å². The van der Waals surface area contributed by atoms with Crippen LogP contribution in [0.2, 0.25) is 0 Å². The van der Waals surface area contributed by atoms with Gasteiger partial charge in [-0.15, -0.1) is 0 Å². The molecule has 0 unspecified atom stereocenters. The van der Waals surface area contributed by atoms with Crippen molar-refractivity contribution in [2.75, 3.05) is 23.0 Å². The molecule has 0 amide bonds. The molecule has 3 aromatic rings. The van der Waals surface area contributed by atoms with Crippen molar-refractivity contribution < 1.29 is 44.7 Å². The third kappa shape index (κ3) is 7.70. The molecule has 1 fully saturated rings. The highest BCUT2D eigenvalue weighted by molar-refractivity contribution is 7.12. The van der Waals surface area contributed by atoms with Gasteiger partial charge in [0.25, 0.3) is 5.92 Å². The second-order valence-corrected chi connectivity index (χ2v) is 12.1. The predicted octanol–water partition coefficient (Wildman–Crippen LogP) is 7.61. The number of carbonyl (C=O) groups excluding carboxylic acids is 1. The van der Waals surface area contributed by atoms with Crippen molar-refractivity contribution in [2.24, 2.45) is 5.92 Å². The van der Waals surface area contributed by atoms with E-state index in [9.17, 15) is 39.9 Å². The molecular formula is C25H27F8N7O2S2. The number of anilines is 4. The molecule has 0 bridgehead atoms. The number of alkyl halides is 8. The van der Waals surface area contributed by atoms with Gasteiger partial charge < -0.3 is 9.64 Å². The van der Waals surface area contributed by atoms with E-state index < -0.39 is 71.0 Å². The Balaban J connectivity index is 1.94. The maximum Gasteiger partial charge on any atom is 0.452 e.